The van der Waals surface area contributed by atoms with Crippen molar-refractivity contribution in [2.24, 2.45) is 0 Å². The van der Waals surface area contributed by atoms with Crippen LogP contribution in [-0.4, -0.2) is 28.1 Å². The van der Waals surface area contributed by atoms with Crippen LogP contribution in [0, 0.1) is 0 Å². The van der Waals surface area contributed by atoms with Crippen LogP contribution in [0.2, 0.25) is 0 Å². The Morgan fingerprint density at radius 1 is 1.15 bits per heavy atom. The van der Waals surface area contributed by atoms with Gasteiger partial charge in [-0.2, -0.15) is 5.10 Å². The van der Waals surface area contributed by atoms with Crippen LogP contribution < -0.4 is 0 Å². The van der Waals surface area contributed by atoms with Gasteiger partial charge in [0.1, 0.15) is 5.73 Å². The Hall–Kier alpha value is -1.92. The van der Waals surface area contributed by atoms with Gasteiger partial charge in [0.25, 0.3) is 0 Å². The Bertz CT molecular complexity index is 755. The maximum Gasteiger partial charge on any atom is 0.525 e. The molecule has 26 heavy (non-hydrogen) atoms. The maximum atomic E-state index is 14.5. The molecule has 0 atom stereocenters. The van der Waals surface area contributed by atoms with Gasteiger partial charge in [0.05, 0.1) is 17.4 Å². The average Bonchev–Trinajstić information content (AvgIpc) is 3.10. The van der Waals surface area contributed by atoms with Crippen molar-refractivity contribution in [3.8, 4) is 0 Å². The predicted octanol–water partition coefficient (Wildman–Crippen LogP) is 4.46. The zero-order chi connectivity index (χ0) is 18.8. The molecule has 1 fully saturated rings. The van der Waals surface area contributed by atoms with Crippen LogP contribution in [0.4, 0.5) is 4.39 Å². The summed E-state index contributed by atoms with van der Waals surface area (Å²) in [6.07, 6.45) is 6.91. The van der Waals surface area contributed by atoms with Crippen molar-refractivity contribution < 1.29 is 13.7 Å². The molecule has 6 heteroatoms. The Labute approximate surface area is 155 Å². The first-order valence-electron chi connectivity index (χ1n) is 9.06. The number of aromatic nitrogens is 2. The van der Waals surface area contributed by atoms with Crippen molar-refractivity contribution >= 4 is 13.2 Å². The quantitative estimate of drug-likeness (QED) is 0.717. The smallest absolute Gasteiger partial charge is 0.398 e. The highest BCUT2D eigenvalue weighted by atomic mass is 19.1. The molecule has 1 aromatic heterocycles. The largest absolute Gasteiger partial charge is 0.525 e. The monoisotopic (exact) mass is 356 g/mol. The molecular formula is C20H26BFN2O2. The third-order valence-electron chi connectivity index (χ3n) is 5.13. The normalized spacial score (nSPS) is 19.1. The van der Waals surface area contributed by atoms with E-state index < -0.39 is 24.0 Å². The summed E-state index contributed by atoms with van der Waals surface area (Å²) in [7, 11) is -0.971. The minimum atomic E-state index is -0.971. The summed E-state index contributed by atoms with van der Waals surface area (Å²) < 4.78 is 27.8. The second-order valence-corrected chi connectivity index (χ2v) is 7.74. The molecule has 0 amide bonds. The molecule has 0 bridgehead atoms. The van der Waals surface area contributed by atoms with Crippen LogP contribution in [-0.2, 0) is 22.3 Å². The van der Waals surface area contributed by atoms with Crippen LogP contribution in [0.25, 0.3) is 6.08 Å². The van der Waals surface area contributed by atoms with Crippen LogP contribution in [0.1, 0.15) is 45.2 Å². The van der Waals surface area contributed by atoms with Crippen molar-refractivity contribution in [3.63, 3.8) is 0 Å². The predicted molar refractivity (Wildman–Crippen MR) is 102 cm³/mol. The van der Waals surface area contributed by atoms with Gasteiger partial charge in [-0.15, -0.1) is 0 Å². The second-order valence-electron chi connectivity index (χ2n) is 7.74. The Morgan fingerprint density at radius 3 is 2.46 bits per heavy atom. The summed E-state index contributed by atoms with van der Waals surface area (Å²) in [5, 5.41) is 4.31. The number of halogens is 1. The average molecular weight is 356 g/mol. The molecule has 2 heterocycles. The minimum absolute atomic E-state index is 0.438. The summed E-state index contributed by atoms with van der Waals surface area (Å²) in [6, 6.07) is 10.4. The van der Waals surface area contributed by atoms with Gasteiger partial charge in [-0.25, -0.2) is 4.39 Å². The van der Waals surface area contributed by atoms with Crippen LogP contribution in [0.15, 0.2) is 48.5 Å². The van der Waals surface area contributed by atoms with Crippen molar-refractivity contribution in [1.82, 2.24) is 9.78 Å². The van der Waals surface area contributed by atoms with Gasteiger partial charge in [-0.3, -0.25) is 4.68 Å². The molecule has 1 aliphatic heterocycles. The molecule has 0 unspecified atom stereocenters. The lowest BCUT2D eigenvalue weighted by Gasteiger charge is -2.32. The number of benzene rings is 1. The van der Waals surface area contributed by atoms with E-state index in [2.05, 4.69) is 17.2 Å². The summed E-state index contributed by atoms with van der Waals surface area (Å²) in [5.74, 6) is 0. The first-order chi connectivity index (χ1) is 12.3. The van der Waals surface area contributed by atoms with E-state index in [1.54, 1.807) is 6.20 Å². The van der Waals surface area contributed by atoms with Gasteiger partial charge in [-0.05, 0) is 52.2 Å². The first-order valence-corrected chi connectivity index (χ1v) is 9.06. The van der Waals surface area contributed by atoms with E-state index in [4.69, 9.17) is 9.31 Å². The minimum Gasteiger partial charge on any atom is -0.398 e. The van der Waals surface area contributed by atoms with Gasteiger partial charge < -0.3 is 9.31 Å². The van der Waals surface area contributed by atoms with E-state index in [0.29, 0.717) is 5.56 Å². The first kappa shape index (κ1) is 18.9. The van der Waals surface area contributed by atoms with Gasteiger partial charge in [0.15, 0.2) is 0 Å². The molecule has 1 aliphatic rings. The molecule has 4 nitrogen and oxygen atoms in total. The summed E-state index contributed by atoms with van der Waals surface area (Å²) in [6.45, 7) is 8.42. The lowest BCUT2D eigenvalue weighted by atomic mass is 9.87. The molecule has 0 spiro atoms. The second kappa shape index (κ2) is 7.37. The molecule has 1 aromatic carbocycles. The van der Waals surface area contributed by atoms with Gasteiger partial charge in [0.2, 0.25) is 0 Å². The van der Waals surface area contributed by atoms with Crippen molar-refractivity contribution in [2.75, 3.05) is 0 Å². The zero-order valence-electron chi connectivity index (χ0n) is 15.9. The molecule has 138 valence electrons. The Balaban J connectivity index is 1.57. The molecule has 0 aliphatic carbocycles. The lowest BCUT2D eigenvalue weighted by Crippen LogP contribution is -2.41. The molecular weight excluding hydrogens is 330 g/mol. The summed E-state index contributed by atoms with van der Waals surface area (Å²) in [5.41, 5.74) is 0.477. The maximum absolute atomic E-state index is 14.5. The standard InChI is InChI=1S/C20H26BFN2O2/c1-19(2)20(3,4)26-21(25-19)18(22)13-17-14-23-24(15-17)12-8-11-16-9-6-5-7-10-16/h5-7,9-10,13-15H,8,11-12H2,1-4H3. The third kappa shape index (κ3) is 4.25. The number of nitrogens with zero attached hydrogens (tertiary/aromatic N) is 2. The highest BCUT2D eigenvalue weighted by Gasteiger charge is 2.53. The van der Waals surface area contributed by atoms with E-state index in [0.717, 1.165) is 19.4 Å². The SMILES string of the molecule is CC1(C)OB(C(F)=Cc2cnn(CCCc3ccccc3)c2)OC1(C)C. The van der Waals surface area contributed by atoms with E-state index in [1.165, 1.54) is 11.6 Å². The van der Waals surface area contributed by atoms with E-state index in [-0.39, 0.29) is 0 Å². The molecule has 1 saturated heterocycles. The fourth-order valence-electron chi connectivity index (χ4n) is 2.85. The van der Waals surface area contributed by atoms with Gasteiger partial charge in [0, 0.05) is 18.3 Å². The molecule has 0 radical (unpaired) electrons. The van der Waals surface area contributed by atoms with Crippen molar-refractivity contribution in [1.29, 1.82) is 0 Å². The van der Waals surface area contributed by atoms with Crippen LogP contribution >= 0.6 is 0 Å². The fourth-order valence-corrected chi connectivity index (χ4v) is 2.85. The third-order valence-corrected chi connectivity index (χ3v) is 5.13. The number of aryl methyl sites for hydroxylation is 2. The van der Waals surface area contributed by atoms with Crippen LogP contribution in [0.5, 0.6) is 0 Å². The van der Waals surface area contributed by atoms with Crippen molar-refractivity contribution in [3.05, 3.63) is 59.6 Å². The summed E-state index contributed by atoms with van der Waals surface area (Å²) in [4.78, 5) is 0. The topological polar surface area (TPSA) is 36.3 Å². The highest BCUT2D eigenvalue weighted by Crippen LogP contribution is 2.39. The highest BCUT2D eigenvalue weighted by molar-refractivity contribution is 6.54. The van der Waals surface area contributed by atoms with Gasteiger partial charge in [-0.1, -0.05) is 30.3 Å². The summed E-state index contributed by atoms with van der Waals surface area (Å²) >= 11 is 0. The van der Waals surface area contributed by atoms with Crippen LogP contribution in [0.3, 0.4) is 0 Å². The zero-order valence-corrected chi connectivity index (χ0v) is 15.9. The Morgan fingerprint density at radius 2 is 1.81 bits per heavy atom. The van der Waals surface area contributed by atoms with Gasteiger partial charge >= 0.3 is 7.12 Å². The fraction of sp³-hybridized carbons (Fsp3) is 0.450. The number of rotatable bonds is 6. The molecule has 0 N–H and O–H groups in total. The number of hydrogen-bond donors (Lipinski definition) is 0. The molecule has 3 rings (SSSR count). The van der Waals surface area contributed by atoms with E-state index in [1.807, 2.05) is 56.8 Å². The molecule has 2 aromatic rings. The lowest BCUT2D eigenvalue weighted by molar-refractivity contribution is 0.00578. The Kier molecular flexibility index (Phi) is 5.35. The molecule has 0 saturated carbocycles. The van der Waals surface area contributed by atoms with E-state index in [9.17, 15) is 4.39 Å². The number of hydrogen-bond acceptors (Lipinski definition) is 3. The van der Waals surface area contributed by atoms with Crippen molar-refractivity contribution in [2.45, 2.75) is 58.3 Å². The van der Waals surface area contributed by atoms with E-state index >= 15 is 0 Å².